The summed E-state index contributed by atoms with van der Waals surface area (Å²) in [6, 6.07) is 29.2. The van der Waals surface area contributed by atoms with Crippen molar-refractivity contribution in [1.29, 1.82) is 0 Å². The Morgan fingerprint density at radius 1 is 0.846 bits per heavy atom. The van der Waals surface area contributed by atoms with Gasteiger partial charge in [-0.1, -0.05) is 74.5 Å². The van der Waals surface area contributed by atoms with Crippen LogP contribution in [0.3, 0.4) is 0 Å². The lowest BCUT2D eigenvalue weighted by Gasteiger charge is -2.16. The molecule has 0 saturated heterocycles. The van der Waals surface area contributed by atoms with Crippen molar-refractivity contribution in [2.45, 2.75) is 40.2 Å². The predicted octanol–water partition coefficient (Wildman–Crippen LogP) is 6.26. The smallest absolute Gasteiger partial charge is 0.319 e. The van der Waals surface area contributed by atoms with Crippen LogP contribution in [0.4, 0.5) is 10.5 Å². The van der Waals surface area contributed by atoms with Gasteiger partial charge in [-0.05, 0) is 35.4 Å². The highest BCUT2D eigenvalue weighted by molar-refractivity contribution is 5.89. The molecule has 200 valence electrons. The molecule has 1 unspecified atom stereocenters. The highest BCUT2D eigenvalue weighted by atomic mass is 16.6. The predicted molar refractivity (Wildman–Crippen MR) is 151 cm³/mol. The second-order valence-electron chi connectivity index (χ2n) is 9.56. The summed E-state index contributed by atoms with van der Waals surface area (Å²) in [6.45, 7) is 6.11. The van der Waals surface area contributed by atoms with Crippen molar-refractivity contribution >= 4 is 17.7 Å². The van der Waals surface area contributed by atoms with Crippen LogP contribution in [0.25, 0.3) is 11.1 Å². The number of carbonyl (C=O) groups is 2. The molecule has 0 aliphatic heterocycles. The maximum absolute atomic E-state index is 12.5. The van der Waals surface area contributed by atoms with Crippen molar-refractivity contribution in [2.75, 3.05) is 5.32 Å². The zero-order valence-electron chi connectivity index (χ0n) is 22.5. The van der Waals surface area contributed by atoms with Crippen LogP contribution in [-0.2, 0) is 22.7 Å². The first-order valence-electron chi connectivity index (χ1n) is 13.0. The molecule has 1 aromatic heterocycles. The van der Waals surface area contributed by atoms with Gasteiger partial charge in [-0.3, -0.25) is 4.79 Å². The maximum Gasteiger partial charge on any atom is 0.319 e. The molecule has 0 saturated carbocycles. The number of hydrogen-bond acceptors (Lipinski definition) is 4. The normalized spacial score (nSPS) is 11.5. The molecule has 7 heteroatoms. The van der Waals surface area contributed by atoms with Gasteiger partial charge in [0.05, 0.1) is 12.5 Å². The summed E-state index contributed by atoms with van der Waals surface area (Å²) in [5.41, 5.74) is 4.70. The largest absolute Gasteiger partial charge is 0.488 e. The number of hydrogen-bond donors (Lipinski definition) is 2. The van der Waals surface area contributed by atoms with Crippen molar-refractivity contribution < 1.29 is 23.6 Å². The van der Waals surface area contributed by atoms with Gasteiger partial charge in [-0.2, -0.15) is 4.57 Å². The van der Waals surface area contributed by atoms with Crippen molar-refractivity contribution in [3.05, 3.63) is 115 Å². The van der Waals surface area contributed by atoms with Gasteiger partial charge in [-0.15, -0.1) is 0 Å². The Kier molecular flexibility index (Phi) is 9.29. The fourth-order valence-electron chi connectivity index (χ4n) is 4.17. The molecule has 0 aliphatic carbocycles. The van der Waals surface area contributed by atoms with Crippen LogP contribution in [0, 0.1) is 5.92 Å². The monoisotopic (exact) mass is 524 g/mol. The third kappa shape index (κ3) is 7.92. The quantitative estimate of drug-likeness (QED) is 0.190. The molecule has 4 aromatic rings. The van der Waals surface area contributed by atoms with E-state index in [9.17, 15) is 9.59 Å². The van der Waals surface area contributed by atoms with Crippen LogP contribution >= 0.6 is 0 Å². The Morgan fingerprint density at radius 2 is 1.56 bits per heavy atom. The number of rotatable bonds is 10. The Balaban J connectivity index is 1.30. The minimum absolute atomic E-state index is 0.0948. The number of carbonyl (C=O) groups excluding carboxylic acids is 2. The zero-order chi connectivity index (χ0) is 27.6. The third-order valence-electron chi connectivity index (χ3n) is 6.07. The summed E-state index contributed by atoms with van der Waals surface area (Å²) in [4.78, 5) is 24.0. The van der Waals surface area contributed by atoms with Crippen LogP contribution in [0.5, 0.6) is 5.75 Å². The maximum atomic E-state index is 12.5. The van der Waals surface area contributed by atoms with Crippen LogP contribution in [-0.4, -0.2) is 12.0 Å². The molecule has 0 radical (unpaired) electrons. The van der Waals surface area contributed by atoms with Gasteiger partial charge in [0.2, 0.25) is 0 Å². The second kappa shape index (κ2) is 13.2. The van der Waals surface area contributed by atoms with E-state index < -0.39 is 6.23 Å². The van der Waals surface area contributed by atoms with E-state index in [-0.39, 0.29) is 17.9 Å². The summed E-state index contributed by atoms with van der Waals surface area (Å²) in [5, 5.41) is 5.73. The van der Waals surface area contributed by atoms with E-state index >= 15 is 0 Å². The van der Waals surface area contributed by atoms with Gasteiger partial charge in [0.25, 0.3) is 0 Å². The van der Waals surface area contributed by atoms with Crippen LogP contribution < -0.4 is 19.9 Å². The highest BCUT2D eigenvalue weighted by Crippen LogP contribution is 2.30. The van der Waals surface area contributed by atoms with E-state index in [1.165, 1.54) is 6.92 Å². The summed E-state index contributed by atoms with van der Waals surface area (Å²) in [5.74, 6) is 0.580. The fourth-order valence-corrected chi connectivity index (χ4v) is 4.17. The lowest BCUT2D eigenvalue weighted by atomic mass is 10.0. The average molecular weight is 525 g/mol. The Labute approximate surface area is 229 Å². The SMILES string of the molecule is CC(=O)OC(C(C)C)[n+]1cccc(CNC(=O)Nc2ccc(COc3ccccc3-c3ccccc3)cc2)c1. The molecule has 0 spiro atoms. The molecular weight excluding hydrogens is 490 g/mol. The number of benzene rings is 3. The molecule has 0 aliphatic rings. The summed E-state index contributed by atoms with van der Waals surface area (Å²) < 4.78 is 13.4. The molecule has 2 N–H and O–H groups in total. The number of esters is 1. The van der Waals surface area contributed by atoms with E-state index in [1.807, 2.05) is 110 Å². The second-order valence-corrected chi connectivity index (χ2v) is 9.56. The summed E-state index contributed by atoms with van der Waals surface area (Å²) in [6.07, 6.45) is 3.31. The molecule has 39 heavy (non-hydrogen) atoms. The first-order valence-corrected chi connectivity index (χ1v) is 13.0. The summed E-state index contributed by atoms with van der Waals surface area (Å²) >= 11 is 0. The number of aromatic nitrogens is 1. The van der Waals surface area contributed by atoms with Gasteiger partial charge in [-0.25, -0.2) is 4.79 Å². The van der Waals surface area contributed by atoms with Gasteiger partial charge in [0.15, 0.2) is 12.4 Å². The Morgan fingerprint density at radius 3 is 2.28 bits per heavy atom. The number of nitrogens with one attached hydrogen (secondary N) is 2. The van der Waals surface area contributed by atoms with Crippen LogP contribution in [0.15, 0.2) is 103 Å². The van der Waals surface area contributed by atoms with E-state index in [0.29, 0.717) is 18.8 Å². The van der Waals surface area contributed by atoms with Gasteiger partial charge in [0.1, 0.15) is 12.4 Å². The van der Waals surface area contributed by atoms with Crippen molar-refractivity contribution in [3.8, 4) is 16.9 Å². The first-order chi connectivity index (χ1) is 18.9. The van der Waals surface area contributed by atoms with Crippen molar-refractivity contribution in [2.24, 2.45) is 5.92 Å². The molecule has 1 heterocycles. The third-order valence-corrected chi connectivity index (χ3v) is 6.07. The number of ether oxygens (including phenoxy) is 2. The van der Waals surface area contributed by atoms with Gasteiger partial charge in [0, 0.05) is 29.8 Å². The van der Waals surface area contributed by atoms with E-state index in [0.717, 1.165) is 28.0 Å². The van der Waals surface area contributed by atoms with E-state index in [4.69, 9.17) is 9.47 Å². The topological polar surface area (TPSA) is 80.5 Å². The minimum atomic E-state index is -0.411. The molecule has 0 fully saturated rings. The lowest BCUT2D eigenvalue weighted by Crippen LogP contribution is -2.44. The van der Waals surface area contributed by atoms with Crippen molar-refractivity contribution in [3.63, 3.8) is 0 Å². The highest BCUT2D eigenvalue weighted by Gasteiger charge is 2.25. The fraction of sp³-hybridized carbons (Fsp3) is 0.219. The van der Waals surface area contributed by atoms with Gasteiger partial charge >= 0.3 is 18.2 Å². The molecule has 0 bridgehead atoms. The first kappa shape index (κ1) is 27.4. The van der Waals surface area contributed by atoms with Crippen LogP contribution in [0.1, 0.15) is 38.1 Å². The molecule has 1 atom stereocenters. The van der Waals surface area contributed by atoms with Crippen molar-refractivity contribution in [1.82, 2.24) is 5.32 Å². The Bertz CT molecular complexity index is 1390. The molecule has 7 nitrogen and oxygen atoms in total. The minimum Gasteiger partial charge on any atom is -0.488 e. The molecule has 4 rings (SSSR count). The van der Waals surface area contributed by atoms with Gasteiger partial charge < -0.3 is 20.1 Å². The number of nitrogens with zero attached hydrogens (tertiary/aromatic N) is 1. The van der Waals surface area contributed by atoms with E-state index in [2.05, 4.69) is 22.8 Å². The van der Waals surface area contributed by atoms with Crippen LogP contribution in [0.2, 0.25) is 0 Å². The number of urea groups is 1. The molecule has 3 aromatic carbocycles. The zero-order valence-corrected chi connectivity index (χ0v) is 22.5. The number of anilines is 1. The number of amides is 2. The molecule has 2 amide bonds. The standard InChI is InChI=1S/C32H33N3O4/c1-23(2)31(39-24(3)36)35-19-9-10-26(21-35)20-33-32(37)34-28-17-15-25(16-18-28)22-38-30-14-8-7-13-29(30)27-11-5-4-6-12-27/h4-19,21,23,31H,20,22H2,1-3H3,(H-,33,34,37)/p+1. The molecular formula is C32H34N3O4+. The summed E-state index contributed by atoms with van der Waals surface area (Å²) in [7, 11) is 0. The average Bonchev–Trinajstić information content (AvgIpc) is 2.95. The van der Waals surface area contributed by atoms with E-state index in [1.54, 1.807) is 0 Å². The lowest BCUT2D eigenvalue weighted by molar-refractivity contribution is -0.764. The number of para-hydroxylation sites is 1. The number of pyridine rings is 1. The Hall–Kier alpha value is -4.65.